The second-order valence-corrected chi connectivity index (χ2v) is 8.77. The van der Waals surface area contributed by atoms with Gasteiger partial charge in [0.25, 0.3) is 0 Å². The first-order chi connectivity index (χ1) is 14.4. The predicted molar refractivity (Wildman–Crippen MR) is 138 cm³/mol. The molecular weight excluding hydrogens is 505 g/mol. The molecule has 0 spiro atoms. The molecule has 0 radical (unpaired) electrons. The predicted octanol–water partition coefficient (Wildman–Crippen LogP) is 3.25. The number of halogens is 1. The molecule has 1 atom stereocenters. The molecule has 0 saturated carbocycles. The molecule has 176 valence electrons. The monoisotopic (exact) mass is 545 g/mol. The van der Waals surface area contributed by atoms with Crippen LogP contribution in [0.4, 0.5) is 4.79 Å². The lowest BCUT2D eigenvalue weighted by molar-refractivity contribution is 0.0529. The lowest BCUT2D eigenvalue weighted by atomic mass is 10.1. The van der Waals surface area contributed by atoms with Crippen LogP contribution in [-0.2, 0) is 11.2 Å². The SMILES string of the molecule is CCNC(=NCC1CCN(CCc2ccccc2)C1)NCCNC(=O)OC(C)(C)C.I. The maximum Gasteiger partial charge on any atom is 0.407 e. The number of rotatable bonds is 9. The second-order valence-electron chi connectivity index (χ2n) is 8.77. The van der Waals surface area contributed by atoms with Crippen LogP contribution in [0.1, 0.15) is 39.7 Å². The molecule has 1 aromatic rings. The van der Waals surface area contributed by atoms with E-state index in [1.165, 1.54) is 12.0 Å². The van der Waals surface area contributed by atoms with Gasteiger partial charge in [0.1, 0.15) is 5.60 Å². The smallest absolute Gasteiger partial charge is 0.407 e. The molecule has 1 saturated heterocycles. The normalized spacial score (nSPS) is 17.0. The van der Waals surface area contributed by atoms with E-state index in [1.807, 2.05) is 20.8 Å². The maximum absolute atomic E-state index is 11.7. The number of alkyl carbamates (subject to hydrolysis) is 1. The van der Waals surface area contributed by atoms with E-state index in [2.05, 4.69) is 58.1 Å². The van der Waals surface area contributed by atoms with E-state index >= 15 is 0 Å². The fourth-order valence-corrected chi connectivity index (χ4v) is 3.42. The number of aliphatic imine (C=N–C) groups is 1. The van der Waals surface area contributed by atoms with Crippen molar-refractivity contribution in [2.24, 2.45) is 10.9 Å². The summed E-state index contributed by atoms with van der Waals surface area (Å²) < 4.78 is 5.24. The Morgan fingerprint density at radius 3 is 2.55 bits per heavy atom. The van der Waals surface area contributed by atoms with Crippen molar-refractivity contribution in [3.63, 3.8) is 0 Å². The number of carbonyl (C=O) groups excluding carboxylic acids is 1. The second kappa shape index (κ2) is 14.5. The minimum atomic E-state index is -0.482. The van der Waals surface area contributed by atoms with E-state index in [0.717, 1.165) is 45.1 Å². The molecule has 8 heteroatoms. The zero-order chi connectivity index (χ0) is 21.8. The number of carbonyl (C=O) groups is 1. The van der Waals surface area contributed by atoms with Gasteiger partial charge in [0, 0.05) is 39.3 Å². The first kappa shape index (κ1) is 27.5. The summed E-state index contributed by atoms with van der Waals surface area (Å²) in [5.74, 6) is 1.39. The van der Waals surface area contributed by atoms with Crippen molar-refractivity contribution in [2.75, 3.05) is 45.8 Å². The number of nitrogens with zero attached hydrogens (tertiary/aromatic N) is 2. The average Bonchev–Trinajstić information content (AvgIpc) is 3.15. The van der Waals surface area contributed by atoms with Gasteiger partial charge >= 0.3 is 6.09 Å². The first-order valence-corrected chi connectivity index (χ1v) is 11.1. The van der Waals surface area contributed by atoms with Crippen LogP contribution in [0.2, 0.25) is 0 Å². The van der Waals surface area contributed by atoms with Gasteiger partial charge in [0.05, 0.1) is 0 Å². The molecule has 1 aromatic carbocycles. The van der Waals surface area contributed by atoms with Gasteiger partial charge in [-0.2, -0.15) is 0 Å². The van der Waals surface area contributed by atoms with E-state index in [4.69, 9.17) is 9.73 Å². The Morgan fingerprint density at radius 2 is 1.87 bits per heavy atom. The van der Waals surface area contributed by atoms with Crippen molar-refractivity contribution in [2.45, 2.75) is 46.1 Å². The highest BCUT2D eigenvalue weighted by atomic mass is 127. The molecule has 1 aliphatic heterocycles. The molecule has 2 rings (SSSR count). The van der Waals surface area contributed by atoms with E-state index in [-0.39, 0.29) is 24.0 Å². The number of ether oxygens (including phenoxy) is 1. The summed E-state index contributed by atoms with van der Waals surface area (Å²) in [7, 11) is 0. The first-order valence-electron chi connectivity index (χ1n) is 11.1. The third-order valence-corrected chi connectivity index (χ3v) is 4.87. The van der Waals surface area contributed by atoms with Crippen LogP contribution in [-0.4, -0.2) is 68.4 Å². The highest BCUT2D eigenvalue weighted by molar-refractivity contribution is 14.0. The Hall–Kier alpha value is -1.55. The van der Waals surface area contributed by atoms with Crippen LogP contribution in [0.25, 0.3) is 0 Å². The van der Waals surface area contributed by atoms with Gasteiger partial charge in [0.15, 0.2) is 5.96 Å². The topological polar surface area (TPSA) is 78.0 Å². The Labute approximate surface area is 204 Å². The fourth-order valence-electron chi connectivity index (χ4n) is 3.42. The van der Waals surface area contributed by atoms with Gasteiger partial charge in [-0.3, -0.25) is 4.99 Å². The summed E-state index contributed by atoms with van der Waals surface area (Å²) in [6.07, 6.45) is 1.90. The Bertz CT molecular complexity index is 664. The molecular formula is C23H40IN5O2. The highest BCUT2D eigenvalue weighted by Crippen LogP contribution is 2.17. The molecule has 31 heavy (non-hydrogen) atoms. The molecule has 0 aliphatic carbocycles. The summed E-state index contributed by atoms with van der Waals surface area (Å²) >= 11 is 0. The number of benzene rings is 1. The van der Waals surface area contributed by atoms with Gasteiger partial charge < -0.3 is 25.6 Å². The van der Waals surface area contributed by atoms with Gasteiger partial charge in [-0.15, -0.1) is 24.0 Å². The van der Waals surface area contributed by atoms with Crippen molar-refractivity contribution in [1.82, 2.24) is 20.9 Å². The van der Waals surface area contributed by atoms with E-state index in [1.54, 1.807) is 0 Å². The Kier molecular flexibility index (Phi) is 12.9. The lowest BCUT2D eigenvalue weighted by Crippen LogP contribution is -2.42. The van der Waals surface area contributed by atoms with Crippen molar-refractivity contribution in [3.8, 4) is 0 Å². The largest absolute Gasteiger partial charge is 0.444 e. The third-order valence-electron chi connectivity index (χ3n) is 4.87. The van der Waals surface area contributed by atoms with Crippen molar-refractivity contribution < 1.29 is 9.53 Å². The number of amides is 1. The number of guanidine groups is 1. The molecule has 1 unspecified atom stereocenters. The molecule has 1 heterocycles. The zero-order valence-corrected chi connectivity index (χ0v) is 21.8. The van der Waals surface area contributed by atoms with Crippen LogP contribution in [0, 0.1) is 5.92 Å². The summed E-state index contributed by atoms with van der Waals surface area (Å²) in [6.45, 7) is 13.7. The van der Waals surface area contributed by atoms with Gasteiger partial charge in [-0.25, -0.2) is 4.79 Å². The van der Waals surface area contributed by atoms with Crippen LogP contribution >= 0.6 is 24.0 Å². The summed E-state index contributed by atoms with van der Waals surface area (Å²) in [6, 6.07) is 10.7. The lowest BCUT2D eigenvalue weighted by Gasteiger charge is -2.20. The number of hydrogen-bond donors (Lipinski definition) is 3. The number of hydrogen-bond acceptors (Lipinski definition) is 4. The molecule has 1 aliphatic rings. The summed E-state index contributed by atoms with van der Waals surface area (Å²) in [5, 5.41) is 9.30. The van der Waals surface area contributed by atoms with E-state index in [0.29, 0.717) is 19.0 Å². The van der Waals surface area contributed by atoms with Crippen LogP contribution < -0.4 is 16.0 Å². The van der Waals surface area contributed by atoms with Crippen LogP contribution in [0.3, 0.4) is 0 Å². The third kappa shape index (κ3) is 12.2. The molecule has 3 N–H and O–H groups in total. The van der Waals surface area contributed by atoms with E-state index in [9.17, 15) is 4.79 Å². The molecule has 0 aromatic heterocycles. The molecule has 7 nitrogen and oxygen atoms in total. The fraction of sp³-hybridized carbons (Fsp3) is 0.652. The van der Waals surface area contributed by atoms with Gasteiger partial charge in [0.2, 0.25) is 0 Å². The van der Waals surface area contributed by atoms with E-state index < -0.39 is 11.7 Å². The minimum Gasteiger partial charge on any atom is -0.444 e. The maximum atomic E-state index is 11.7. The minimum absolute atomic E-state index is 0. The number of nitrogens with one attached hydrogen (secondary N) is 3. The van der Waals surface area contributed by atoms with Crippen molar-refractivity contribution >= 4 is 36.0 Å². The summed E-state index contributed by atoms with van der Waals surface area (Å²) in [4.78, 5) is 19.0. The zero-order valence-electron chi connectivity index (χ0n) is 19.4. The Balaban J connectivity index is 0.00000480. The average molecular weight is 546 g/mol. The summed E-state index contributed by atoms with van der Waals surface area (Å²) in [5.41, 5.74) is 0.919. The Morgan fingerprint density at radius 1 is 1.16 bits per heavy atom. The molecule has 0 bridgehead atoms. The standard InChI is InChI=1S/C23H39N5O2.HI/c1-5-24-21(25-13-14-26-22(29)30-23(2,3)4)27-17-20-12-16-28(18-20)15-11-19-9-7-6-8-10-19;/h6-10,20H,5,11-18H2,1-4H3,(H,26,29)(H2,24,25,27);1H. The number of likely N-dealkylation sites (tertiary alicyclic amines) is 1. The highest BCUT2D eigenvalue weighted by Gasteiger charge is 2.22. The van der Waals surface area contributed by atoms with Crippen molar-refractivity contribution in [3.05, 3.63) is 35.9 Å². The molecule has 1 amide bonds. The van der Waals surface area contributed by atoms with Crippen LogP contribution in [0.15, 0.2) is 35.3 Å². The van der Waals surface area contributed by atoms with Gasteiger partial charge in [-0.1, -0.05) is 30.3 Å². The van der Waals surface area contributed by atoms with Gasteiger partial charge in [-0.05, 0) is 58.6 Å². The quantitative estimate of drug-likeness (QED) is 0.192. The van der Waals surface area contributed by atoms with Crippen LogP contribution in [0.5, 0.6) is 0 Å². The van der Waals surface area contributed by atoms with Crippen molar-refractivity contribution in [1.29, 1.82) is 0 Å². The molecule has 1 fully saturated rings.